The SMILES string of the molecule is CC(C)CNC(=O)C(C)N(C)CCC1CCNCC1. The molecule has 112 valence electrons. The summed E-state index contributed by atoms with van der Waals surface area (Å²) in [5.41, 5.74) is 0. The fraction of sp³-hybridized carbons (Fsp3) is 0.933. The fourth-order valence-corrected chi connectivity index (χ4v) is 2.40. The topological polar surface area (TPSA) is 44.4 Å². The molecule has 1 fully saturated rings. The van der Waals surface area contributed by atoms with E-state index in [1.165, 1.54) is 19.3 Å². The van der Waals surface area contributed by atoms with Gasteiger partial charge in [0.25, 0.3) is 0 Å². The molecule has 0 aromatic carbocycles. The minimum atomic E-state index is -0.0273. The average molecular weight is 269 g/mol. The molecule has 4 nitrogen and oxygen atoms in total. The third kappa shape index (κ3) is 6.39. The van der Waals surface area contributed by atoms with E-state index in [1.807, 2.05) is 6.92 Å². The number of hydrogen-bond donors (Lipinski definition) is 2. The van der Waals surface area contributed by atoms with Gasteiger partial charge in [-0.15, -0.1) is 0 Å². The molecule has 0 aromatic heterocycles. The van der Waals surface area contributed by atoms with Gasteiger partial charge in [-0.25, -0.2) is 0 Å². The van der Waals surface area contributed by atoms with E-state index >= 15 is 0 Å². The Morgan fingerprint density at radius 1 is 1.32 bits per heavy atom. The Bertz CT molecular complexity index is 262. The summed E-state index contributed by atoms with van der Waals surface area (Å²) in [4.78, 5) is 14.2. The summed E-state index contributed by atoms with van der Waals surface area (Å²) in [6.07, 6.45) is 3.77. The Kier molecular flexibility index (Phi) is 7.39. The first-order chi connectivity index (χ1) is 9.00. The average Bonchev–Trinajstić information content (AvgIpc) is 2.42. The van der Waals surface area contributed by atoms with Crippen molar-refractivity contribution in [1.82, 2.24) is 15.5 Å². The quantitative estimate of drug-likeness (QED) is 0.735. The van der Waals surface area contributed by atoms with E-state index in [9.17, 15) is 4.79 Å². The van der Waals surface area contributed by atoms with Crippen LogP contribution in [0.4, 0.5) is 0 Å². The van der Waals surface area contributed by atoms with E-state index in [2.05, 4.69) is 36.4 Å². The first-order valence-electron chi connectivity index (χ1n) is 7.69. The Hall–Kier alpha value is -0.610. The molecular weight excluding hydrogens is 238 g/mol. The molecule has 19 heavy (non-hydrogen) atoms. The van der Waals surface area contributed by atoms with Crippen LogP contribution in [0.25, 0.3) is 0 Å². The van der Waals surface area contributed by atoms with Crippen molar-refractivity contribution in [3.63, 3.8) is 0 Å². The van der Waals surface area contributed by atoms with Gasteiger partial charge in [0, 0.05) is 6.54 Å². The molecule has 1 aliphatic rings. The van der Waals surface area contributed by atoms with E-state index in [-0.39, 0.29) is 11.9 Å². The van der Waals surface area contributed by atoms with E-state index in [4.69, 9.17) is 0 Å². The number of rotatable bonds is 7. The number of nitrogens with zero attached hydrogens (tertiary/aromatic N) is 1. The maximum atomic E-state index is 12.0. The predicted molar refractivity (Wildman–Crippen MR) is 80.2 cm³/mol. The molecule has 1 saturated heterocycles. The van der Waals surface area contributed by atoms with Crippen LogP contribution in [0.15, 0.2) is 0 Å². The van der Waals surface area contributed by atoms with Gasteiger partial charge < -0.3 is 10.6 Å². The predicted octanol–water partition coefficient (Wildman–Crippen LogP) is 1.47. The molecule has 1 amide bonds. The van der Waals surface area contributed by atoms with Gasteiger partial charge >= 0.3 is 0 Å². The summed E-state index contributed by atoms with van der Waals surface area (Å²) in [6, 6.07) is -0.0273. The smallest absolute Gasteiger partial charge is 0.237 e. The maximum Gasteiger partial charge on any atom is 0.237 e. The van der Waals surface area contributed by atoms with Crippen LogP contribution in [0.2, 0.25) is 0 Å². The summed E-state index contributed by atoms with van der Waals surface area (Å²) in [5, 5.41) is 6.40. The fourth-order valence-electron chi connectivity index (χ4n) is 2.40. The van der Waals surface area contributed by atoms with Crippen molar-refractivity contribution >= 4 is 5.91 Å². The van der Waals surface area contributed by atoms with Crippen molar-refractivity contribution in [3.05, 3.63) is 0 Å². The van der Waals surface area contributed by atoms with Gasteiger partial charge in [-0.3, -0.25) is 9.69 Å². The number of amides is 1. The van der Waals surface area contributed by atoms with Crippen LogP contribution in [-0.4, -0.2) is 50.1 Å². The maximum absolute atomic E-state index is 12.0. The number of piperidine rings is 1. The molecule has 4 heteroatoms. The lowest BCUT2D eigenvalue weighted by Crippen LogP contribution is -2.45. The largest absolute Gasteiger partial charge is 0.354 e. The Labute approximate surface area is 118 Å². The van der Waals surface area contributed by atoms with Crippen molar-refractivity contribution in [3.8, 4) is 0 Å². The highest BCUT2D eigenvalue weighted by Gasteiger charge is 2.19. The Morgan fingerprint density at radius 3 is 2.53 bits per heavy atom. The summed E-state index contributed by atoms with van der Waals surface area (Å²) < 4.78 is 0. The minimum absolute atomic E-state index is 0.0273. The highest BCUT2D eigenvalue weighted by Crippen LogP contribution is 2.16. The molecule has 0 saturated carbocycles. The second-order valence-electron chi connectivity index (χ2n) is 6.28. The first-order valence-corrected chi connectivity index (χ1v) is 7.69. The third-order valence-electron chi connectivity index (χ3n) is 4.07. The molecule has 1 aliphatic heterocycles. The molecule has 2 N–H and O–H groups in total. The molecule has 1 rings (SSSR count). The van der Waals surface area contributed by atoms with Crippen molar-refractivity contribution in [2.45, 2.75) is 46.1 Å². The number of likely N-dealkylation sites (N-methyl/N-ethyl adjacent to an activating group) is 1. The Morgan fingerprint density at radius 2 is 1.95 bits per heavy atom. The molecular formula is C15H31N3O. The van der Waals surface area contributed by atoms with Crippen LogP contribution in [0.3, 0.4) is 0 Å². The monoisotopic (exact) mass is 269 g/mol. The van der Waals surface area contributed by atoms with Crippen LogP contribution < -0.4 is 10.6 Å². The van der Waals surface area contributed by atoms with Gasteiger partial charge in [0.15, 0.2) is 0 Å². The van der Waals surface area contributed by atoms with E-state index < -0.39 is 0 Å². The molecule has 1 atom stereocenters. The van der Waals surface area contributed by atoms with Gasteiger partial charge in [0.1, 0.15) is 0 Å². The van der Waals surface area contributed by atoms with Crippen LogP contribution in [-0.2, 0) is 4.79 Å². The van der Waals surface area contributed by atoms with Crippen LogP contribution >= 0.6 is 0 Å². The number of carbonyl (C=O) groups excluding carboxylic acids is 1. The molecule has 0 aromatic rings. The van der Waals surface area contributed by atoms with Crippen molar-refractivity contribution < 1.29 is 4.79 Å². The van der Waals surface area contributed by atoms with Gasteiger partial charge in [0.2, 0.25) is 5.91 Å². The summed E-state index contributed by atoms with van der Waals surface area (Å²) in [6.45, 7) is 10.3. The second-order valence-corrected chi connectivity index (χ2v) is 6.28. The summed E-state index contributed by atoms with van der Waals surface area (Å²) >= 11 is 0. The molecule has 1 unspecified atom stereocenters. The van der Waals surface area contributed by atoms with Crippen LogP contribution in [0.5, 0.6) is 0 Å². The first kappa shape index (κ1) is 16.4. The molecule has 0 radical (unpaired) electrons. The molecule has 0 bridgehead atoms. The minimum Gasteiger partial charge on any atom is -0.354 e. The van der Waals surface area contributed by atoms with E-state index in [0.717, 1.165) is 32.1 Å². The summed E-state index contributed by atoms with van der Waals surface area (Å²) in [7, 11) is 2.06. The van der Waals surface area contributed by atoms with Gasteiger partial charge in [0.05, 0.1) is 6.04 Å². The Balaban J connectivity index is 2.22. The van der Waals surface area contributed by atoms with Gasteiger partial charge in [-0.1, -0.05) is 13.8 Å². The lowest BCUT2D eigenvalue weighted by atomic mass is 9.94. The van der Waals surface area contributed by atoms with Gasteiger partial charge in [-0.05, 0) is 64.7 Å². The van der Waals surface area contributed by atoms with Crippen molar-refractivity contribution in [2.75, 3.05) is 33.2 Å². The number of nitrogens with one attached hydrogen (secondary N) is 2. The van der Waals surface area contributed by atoms with Crippen molar-refractivity contribution in [1.29, 1.82) is 0 Å². The summed E-state index contributed by atoms with van der Waals surface area (Å²) in [5.74, 6) is 1.49. The van der Waals surface area contributed by atoms with Gasteiger partial charge in [-0.2, -0.15) is 0 Å². The molecule has 0 aliphatic carbocycles. The molecule has 0 spiro atoms. The zero-order valence-electron chi connectivity index (χ0n) is 13.0. The highest BCUT2D eigenvalue weighted by atomic mass is 16.2. The van der Waals surface area contributed by atoms with Crippen molar-refractivity contribution in [2.24, 2.45) is 11.8 Å². The molecule has 1 heterocycles. The number of hydrogen-bond acceptors (Lipinski definition) is 3. The zero-order valence-corrected chi connectivity index (χ0v) is 13.0. The third-order valence-corrected chi connectivity index (χ3v) is 4.07. The standard InChI is InChI=1S/C15H31N3O/c1-12(2)11-17-15(19)13(3)18(4)10-7-14-5-8-16-9-6-14/h12-14,16H,5-11H2,1-4H3,(H,17,19). The second kappa shape index (κ2) is 8.54. The van der Waals surface area contributed by atoms with Crippen LogP contribution in [0, 0.1) is 11.8 Å². The number of carbonyl (C=O) groups is 1. The van der Waals surface area contributed by atoms with E-state index in [1.54, 1.807) is 0 Å². The van der Waals surface area contributed by atoms with Crippen LogP contribution in [0.1, 0.15) is 40.0 Å². The van der Waals surface area contributed by atoms with E-state index in [0.29, 0.717) is 5.92 Å². The lowest BCUT2D eigenvalue weighted by Gasteiger charge is -2.28. The zero-order chi connectivity index (χ0) is 14.3. The highest BCUT2D eigenvalue weighted by molar-refractivity contribution is 5.81. The normalized spacial score (nSPS) is 18.8. The lowest BCUT2D eigenvalue weighted by molar-refractivity contribution is -0.125.